The summed E-state index contributed by atoms with van der Waals surface area (Å²) in [6.45, 7) is -1.10. The molecule has 1 aromatic heterocycles. The molecule has 20 heteroatoms. The quantitative estimate of drug-likeness (QED) is 0.201. The highest BCUT2D eigenvalue weighted by Crippen LogP contribution is 2.66. The summed E-state index contributed by atoms with van der Waals surface area (Å²) >= 11 is 4.85. The Labute approximate surface area is 165 Å². The second kappa shape index (κ2) is 8.85. The van der Waals surface area contributed by atoms with Crippen LogP contribution in [0.25, 0.3) is 0 Å². The number of phosphoric acid groups is 3. The number of halogens is 1. The molecular weight excluding hydrogens is 488 g/mol. The summed E-state index contributed by atoms with van der Waals surface area (Å²) in [5.74, 6) is 0. The molecule has 0 radical (unpaired) electrons. The second-order valence-corrected chi connectivity index (χ2v) is 10.2. The van der Waals surface area contributed by atoms with Gasteiger partial charge in [0.15, 0.2) is 17.2 Å². The van der Waals surface area contributed by atoms with Gasteiger partial charge in [-0.3, -0.25) is 18.9 Å². The number of aliphatic hydroxyl groups excluding tert-OH is 1. The van der Waals surface area contributed by atoms with Gasteiger partial charge in [-0.15, -0.1) is 0 Å². The van der Waals surface area contributed by atoms with Gasteiger partial charge in [0.1, 0.15) is 12.2 Å². The number of nitrogens with zero attached hydrogens (tertiary/aromatic N) is 1. The molecule has 1 saturated heterocycles. The molecule has 0 amide bonds. The standard InChI is InChI=1S/C9H14FN2O13P3S/c10-6-4(3-22-27(18,19)25-28(20,21)24-26(15,16)17)23-8(7(6)14)12-2-1-5(13)11-9(12)29/h1-2,4,6-8,14H,3H2,(H,18,19)(H,20,21)(H,11,13,29)(H2,15,16,17)/t4-,6-,7-,8-/m0/s1. The summed E-state index contributed by atoms with van der Waals surface area (Å²) in [5, 5.41) is 9.95. The van der Waals surface area contributed by atoms with Crippen LogP contribution in [0.4, 0.5) is 4.39 Å². The highest BCUT2D eigenvalue weighted by atomic mass is 32.1. The number of aliphatic hydroxyl groups is 1. The van der Waals surface area contributed by atoms with Gasteiger partial charge in [-0.1, -0.05) is 0 Å². The maximum Gasteiger partial charge on any atom is 0.490 e. The Morgan fingerprint density at radius 2 is 1.83 bits per heavy atom. The van der Waals surface area contributed by atoms with E-state index in [2.05, 4.69) is 18.1 Å². The van der Waals surface area contributed by atoms with E-state index in [-0.39, 0.29) is 4.77 Å². The van der Waals surface area contributed by atoms with Crippen molar-refractivity contribution in [2.24, 2.45) is 0 Å². The van der Waals surface area contributed by atoms with E-state index in [9.17, 15) is 32.9 Å². The zero-order chi connectivity index (χ0) is 22.2. The van der Waals surface area contributed by atoms with Crippen LogP contribution in [0.5, 0.6) is 0 Å². The van der Waals surface area contributed by atoms with Gasteiger partial charge in [0.2, 0.25) is 0 Å². The average molecular weight is 502 g/mol. The van der Waals surface area contributed by atoms with Gasteiger partial charge in [-0.05, 0) is 12.2 Å². The fourth-order valence-corrected chi connectivity index (χ4v) is 5.47. The largest absolute Gasteiger partial charge is 0.490 e. The topological polar surface area (TPSA) is 227 Å². The fraction of sp³-hybridized carbons (Fsp3) is 0.556. The number of phosphoric ester groups is 1. The minimum absolute atomic E-state index is 0.220. The van der Waals surface area contributed by atoms with Gasteiger partial charge in [0.05, 0.1) is 6.61 Å². The minimum Gasteiger partial charge on any atom is -0.385 e. The van der Waals surface area contributed by atoms with Crippen LogP contribution < -0.4 is 5.56 Å². The van der Waals surface area contributed by atoms with Crippen LogP contribution in [0.1, 0.15) is 6.23 Å². The molecule has 0 aliphatic carbocycles. The number of ether oxygens (including phenoxy) is 1. The fourth-order valence-electron chi connectivity index (χ4n) is 2.17. The first-order valence-corrected chi connectivity index (χ1v) is 12.1. The molecule has 15 nitrogen and oxygen atoms in total. The van der Waals surface area contributed by atoms with Crippen LogP contribution in [-0.4, -0.2) is 59.2 Å². The van der Waals surface area contributed by atoms with E-state index in [0.717, 1.165) is 16.8 Å². The number of nitrogens with one attached hydrogen (secondary N) is 1. The Morgan fingerprint density at radius 3 is 2.38 bits per heavy atom. The van der Waals surface area contributed by atoms with E-state index in [4.69, 9.17) is 31.6 Å². The molecule has 0 saturated carbocycles. The van der Waals surface area contributed by atoms with Crippen molar-refractivity contribution < 1.29 is 60.6 Å². The maximum atomic E-state index is 14.2. The third-order valence-electron chi connectivity index (χ3n) is 3.23. The van der Waals surface area contributed by atoms with Gasteiger partial charge in [-0.2, -0.15) is 8.62 Å². The number of alkyl halides is 1. The molecule has 6 atom stereocenters. The Hall–Kier alpha value is -0.640. The third-order valence-corrected chi connectivity index (χ3v) is 7.35. The molecule has 0 spiro atoms. The number of hydrogen-bond acceptors (Lipinski definition) is 10. The first-order valence-electron chi connectivity index (χ1n) is 7.18. The van der Waals surface area contributed by atoms with Crippen LogP contribution in [-0.2, 0) is 31.6 Å². The molecule has 166 valence electrons. The van der Waals surface area contributed by atoms with Gasteiger partial charge in [0, 0.05) is 12.3 Å². The van der Waals surface area contributed by atoms with E-state index < -0.39 is 60.2 Å². The molecule has 2 rings (SSSR count). The van der Waals surface area contributed by atoms with Gasteiger partial charge in [0.25, 0.3) is 5.56 Å². The van der Waals surface area contributed by atoms with E-state index >= 15 is 0 Å². The molecule has 1 fully saturated rings. The Kier molecular flexibility index (Phi) is 7.51. The van der Waals surface area contributed by atoms with E-state index in [1.54, 1.807) is 0 Å². The summed E-state index contributed by atoms with van der Waals surface area (Å²) in [5.41, 5.74) is -0.570. The van der Waals surface area contributed by atoms with Gasteiger partial charge >= 0.3 is 23.5 Å². The summed E-state index contributed by atoms with van der Waals surface area (Å²) < 4.78 is 64.9. The first-order chi connectivity index (χ1) is 13.1. The summed E-state index contributed by atoms with van der Waals surface area (Å²) in [6, 6.07) is 1.01. The van der Waals surface area contributed by atoms with Crippen molar-refractivity contribution in [2.75, 3.05) is 6.61 Å². The van der Waals surface area contributed by atoms with Crippen molar-refractivity contribution in [3.63, 3.8) is 0 Å². The monoisotopic (exact) mass is 502 g/mol. The first kappa shape index (κ1) is 24.6. The van der Waals surface area contributed by atoms with Crippen molar-refractivity contribution >= 4 is 35.7 Å². The number of aromatic nitrogens is 2. The maximum absolute atomic E-state index is 14.2. The molecule has 6 N–H and O–H groups in total. The van der Waals surface area contributed by atoms with Crippen molar-refractivity contribution in [2.45, 2.75) is 24.6 Å². The number of hydrogen-bond donors (Lipinski definition) is 6. The van der Waals surface area contributed by atoms with Crippen molar-refractivity contribution in [3.8, 4) is 0 Å². The average Bonchev–Trinajstić information content (AvgIpc) is 2.78. The Balaban J connectivity index is 2.06. The summed E-state index contributed by atoms with van der Waals surface area (Å²) in [7, 11) is -16.8. The zero-order valence-electron chi connectivity index (χ0n) is 13.7. The van der Waals surface area contributed by atoms with Crippen LogP contribution >= 0.6 is 35.7 Å². The SMILES string of the molecule is O=c1ccn([C@H]2O[C@@H](COP(=O)(O)OP(=O)(O)OP(=O)(O)O)[C@H](F)[C@@H]2O)c(=S)[nH]1. The lowest BCUT2D eigenvalue weighted by Gasteiger charge is -2.19. The predicted octanol–water partition coefficient (Wildman–Crippen LogP) is -0.154. The molecular formula is C9H14FN2O13P3S. The van der Waals surface area contributed by atoms with Gasteiger partial charge in [-0.25, -0.2) is 18.1 Å². The summed E-state index contributed by atoms with van der Waals surface area (Å²) in [6.07, 6.45) is -6.09. The highest BCUT2D eigenvalue weighted by molar-refractivity contribution is 7.71. The molecule has 1 aliphatic heterocycles. The second-order valence-electron chi connectivity index (χ2n) is 5.40. The molecule has 0 bridgehead atoms. The normalized spacial score (nSPS) is 29.3. The molecule has 1 aliphatic rings. The molecule has 29 heavy (non-hydrogen) atoms. The lowest BCUT2D eigenvalue weighted by molar-refractivity contribution is -0.0521. The third kappa shape index (κ3) is 6.94. The molecule has 1 aromatic rings. The smallest absolute Gasteiger partial charge is 0.385 e. The number of H-pyrrole nitrogens is 1. The molecule has 2 heterocycles. The predicted molar refractivity (Wildman–Crippen MR) is 90.5 cm³/mol. The Bertz CT molecular complexity index is 1010. The van der Waals surface area contributed by atoms with E-state index in [1.807, 2.05) is 0 Å². The zero-order valence-corrected chi connectivity index (χ0v) is 17.2. The minimum atomic E-state index is -5.73. The van der Waals surface area contributed by atoms with Crippen molar-refractivity contribution in [3.05, 3.63) is 27.4 Å². The lowest BCUT2D eigenvalue weighted by Crippen LogP contribution is -2.30. The lowest BCUT2D eigenvalue weighted by atomic mass is 10.1. The number of aromatic amines is 1. The molecule has 2 unspecified atom stereocenters. The van der Waals surface area contributed by atoms with Crippen molar-refractivity contribution in [1.82, 2.24) is 9.55 Å². The number of rotatable bonds is 8. The van der Waals surface area contributed by atoms with E-state index in [1.165, 1.54) is 0 Å². The van der Waals surface area contributed by atoms with Crippen LogP contribution in [0.2, 0.25) is 0 Å². The summed E-state index contributed by atoms with van der Waals surface area (Å²) in [4.78, 5) is 48.6. The van der Waals surface area contributed by atoms with Crippen LogP contribution in [0, 0.1) is 4.77 Å². The molecule has 0 aromatic carbocycles. The van der Waals surface area contributed by atoms with Crippen molar-refractivity contribution in [1.29, 1.82) is 0 Å². The highest BCUT2D eigenvalue weighted by Gasteiger charge is 2.47. The van der Waals surface area contributed by atoms with Gasteiger partial charge < -0.3 is 29.4 Å². The van der Waals surface area contributed by atoms with Crippen LogP contribution in [0.15, 0.2) is 17.1 Å². The Morgan fingerprint density at radius 1 is 1.21 bits per heavy atom. The van der Waals surface area contributed by atoms with Crippen LogP contribution in [0.3, 0.4) is 0 Å². The van der Waals surface area contributed by atoms with E-state index in [0.29, 0.717) is 0 Å².